The number of ether oxygens (including phenoxy) is 2. The second-order valence-corrected chi connectivity index (χ2v) is 7.48. The zero-order valence-electron chi connectivity index (χ0n) is 16.7. The molecule has 2 aliphatic heterocycles. The normalized spacial score (nSPS) is 18.8. The lowest BCUT2D eigenvalue weighted by molar-refractivity contribution is -0.142. The molecule has 1 aromatic heterocycles. The van der Waals surface area contributed by atoms with Gasteiger partial charge in [-0.05, 0) is 25.1 Å². The van der Waals surface area contributed by atoms with Crippen molar-refractivity contribution in [3.05, 3.63) is 59.9 Å². The third-order valence-corrected chi connectivity index (χ3v) is 5.65. The number of morpholine rings is 1. The Kier molecular flexibility index (Phi) is 4.67. The van der Waals surface area contributed by atoms with Gasteiger partial charge in [-0.15, -0.1) is 0 Å². The van der Waals surface area contributed by atoms with Crippen LogP contribution in [-0.2, 0) is 9.53 Å². The van der Waals surface area contributed by atoms with Gasteiger partial charge in [0.15, 0.2) is 11.9 Å². The standard InChI is InChI=1S/C23H22N2O5/c1-15-16-6-2-4-8-18(16)30-21(15)23(27)25-14-20(22(26)24-10-12-28-13-11-24)29-19-9-5-3-7-17(19)25/h2-9,20H,10-14H2,1H3/t20-/m0/s1. The number of carbonyl (C=O) groups is 2. The van der Waals surface area contributed by atoms with Crippen LogP contribution in [0.25, 0.3) is 11.0 Å². The van der Waals surface area contributed by atoms with Gasteiger partial charge in [0, 0.05) is 24.0 Å². The number of benzene rings is 2. The first-order valence-corrected chi connectivity index (χ1v) is 10.1. The Morgan fingerprint density at radius 2 is 1.73 bits per heavy atom. The molecule has 0 aliphatic carbocycles. The van der Waals surface area contributed by atoms with Crippen LogP contribution in [0.15, 0.2) is 52.9 Å². The van der Waals surface area contributed by atoms with Crippen LogP contribution in [-0.4, -0.2) is 55.7 Å². The van der Waals surface area contributed by atoms with E-state index < -0.39 is 6.10 Å². The molecule has 0 unspecified atom stereocenters. The number of anilines is 1. The van der Waals surface area contributed by atoms with Gasteiger partial charge in [0.2, 0.25) is 0 Å². The summed E-state index contributed by atoms with van der Waals surface area (Å²) in [5.41, 5.74) is 2.09. The van der Waals surface area contributed by atoms with Gasteiger partial charge in [-0.2, -0.15) is 0 Å². The van der Waals surface area contributed by atoms with Crippen molar-refractivity contribution in [3.63, 3.8) is 0 Å². The summed E-state index contributed by atoms with van der Waals surface area (Å²) in [6.07, 6.45) is -0.772. The predicted molar refractivity (Wildman–Crippen MR) is 111 cm³/mol. The Hall–Kier alpha value is -3.32. The van der Waals surface area contributed by atoms with Gasteiger partial charge < -0.3 is 18.8 Å². The minimum atomic E-state index is -0.772. The molecule has 2 amide bonds. The lowest BCUT2D eigenvalue weighted by Crippen LogP contribution is -2.54. The molecule has 1 fully saturated rings. The fourth-order valence-corrected chi connectivity index (χ4v) is 4.04. The smallest absolute Gasteiger partial charge is 0.294 e. The average molecular weight is 406 g/mol. The second kappa shape index (κ2) is 7.50. The highest BCUT2D eigenvalue weighted by molar-refractivity contribution is 6.09. The molecule has 2 aromatic carbocycles. The molecule has 0 saturated carbocycles. The van der Waals surface area contributed by atoms with Gasteiger partial charge in [0.05, 0.1) is 25.4 Å². The number of furan rings is 1. The largest absolute Gasteiger partial charge is 0.476 e. The SMILES string of the molecule is Cc1c(C(=O)N2C[C@@H](C(=O)N3CCOCC3)Oc3ccccc32)oc2ccccc12. The molecule has 0 radical (unpaired) electrons. The zero-order chi connectivity index (χ0) is 20.7. The number of aryl methyl sites for hydroxylation is 1. The third-order valence-electron chi connectivity index (χ3n) is 5.65. The van der Waals surface area contributed by atoms with Crippen LogP contribution in [0.4, 0.5) is 5.69 Å². The quantitative estimate of drug-likeness (QED) is 0.654. The molecule has 3 heterocycles. The molecule has 3 aromatic rings. The van der Waals surface area contributed by atoms with Crippen LogP contribution >= 0.6 is 0 Å². The summed E-state index contributed by atoms with van der Waals surface area (Å²) in [6, 6.07) is 14.8. The molecule has 0 spiro atoms. The Morgan fingerprint density at radius 3 is 2.53 bits per heavy atom. The Labute approximate surface area is 173 Å². The zero-order valence-corrected chi connectivity index (χ0v) is 16.7. The summed E-state index contributed by atoms with van der Waals surface area (Å²) in [7, 11) is 0. The number of hydrogen-bond acceptors (Lipinski definition) is 5. The van der Waals surface area contributed by atoms with E-state index in [0.29, 0.717) is 43.3 Å². The maximum absolute atomic E-state index is 13.5. The minimum absolute atomic E-state index is 0.128. The summed E-state index contributed by atoms with van der Waals surface area (Å²) in [4.78, 5) is 29.9. The Morgan fingerprint density at radius 1 is 1.00 bits per heavy atom. The molecule has 1 atom stereocenters. The number of carbonyl (C=O) groups excluding carboxylic acids is 2. The molecule has 1 saturated heterocycles. The van der Waals surface area contributed by atoms with Gasteiger partial charge >= 0.3 is 0 Å². The van der Waals surface area contributed by atoms with E-state index in [1.165, 1.54) is 0 Å². The van der Waals surface area contributed by atoms with Crippen molar-refractivity contribution in [2.24, 2.45) is 0 Å². The highest BCUT2D eigenvalue weighted by Gasteiger charge is 2.38. The van der Waals surface area contributed by atoms with Crippen molar-refractivity contribution in [2.45, 2.75) is 13.0 Å². The van der Waals surface area contributed by atoms with Crippen molar-refractivity contribution in [1.82, 2.24) is 4.90 Å². The van der Waals surface area contributed by atoms with Crippen LogP contribution in [0.2, 0.25) is 0 Å². The molecular weight excluding hydrogens is 384 g/mol. The molecule has 0 bridgehead atoms. The highest BCUT2D eigenvalue weighted by atomic mass is 16.5. The average Bonchev–Trinajstić information content (AvgIpc) is 3.14. The number of para-hydroxylation sites is 3. The molecule has 7 heteroatoms. The first-order chi connectivity index (χ1) is 14.6. The number of hydrogen-bond donors (Lipinski definition) is 0. The molecule has 30 heavy (non-hydrogen) atoms. The van der Waals surface area contributed by atoms with Gasteiger partial charge in [-0.25, -0.2) is 0 Å². The maximum Gasteiger partial charge on any atom is 0.294 e. The van der Waals surface area contributed by atoms with E-state index in [9.17, 15) is 9.59 Å². The van der Waals surface area contributed by atoms with Crippen molar-refractivity contribution in [2.75, 3.05) is 37.7 Å². The van der Waals surface area contributed by atoms with Crippen molar-refractivity contribution in [1.29, 1.82) is 0 Å². The summed E-state index contributed by atoms with van der Waals surface area (Å²) >= 11 is 0. The van der Waals surface area contributed by atoms with E-state index in [1.807, 2.05) is 49.4 Å². The lowest BCUT2D eigenvalue weighted by Gasteiger charge is -2.37. The molecule has 7 nitrogen and oxygen atoms in total. The predicted octanol–water partition coefficient (Wildman–Crippen LogP) is 3.01. The summed E-state index contributed by atoms with van der Waals surface area (Å²) in [5.74, 6) is 0.383. The second-order valence-electron chi connectivity index (χ2n) is 7.48. The van der Waals surface area contributed by atoms with E-state index in [2.05, 4.69) is 0 Å². The highest BCUT2D eigenvalue weighted by Crippen LogP contribution is 2.36. The van der Waals surface area contributed by atoms with E-state index in [4.69, 9.17) is 13.9 Å². The number of fused-ring (bicyclic) bond motifs is 2. The van der Waals surface area contributed by atoms with Gasteiger partial charge in [-0.1, -0.05) is 30.3 Å². The third kappa shape index (κ3) is 3.11. The van der Waals surface area contributed by atoms with Crippen molar-refractivity contribution < 1.29 is 23.5 Å². The van der Waals surface area contributed by atoms with Crippen molar-refractivity contribution >= 4 is 28.5 Å². The van der Waals surface area contributed by atoms with Gasteiger partial charge in [0.1, 0.15) is 11.3 Å². The van der Waals surface area contributed by atoms with E-state index in [1.54, 1.807) is 15.9 Å². The monoisotopic (exact) mass is 406 g/mol. The lowest BCUT2D eigenvalue weighted by atomic mass is 10.1. The number of amides is 2. The minimum Gasteiger partial charge on any atom is -0.476 e. The van der Waals surface area contributed by atoms with Crippen LogP contribution in [0, 0.1) is 6.92 Å². The van der Waals surface area contributed by atoms with Gasteiger partial charge in [0.25, 0.3) is 11.8 Å². The fraction of sp³-hybridized carbons (Fsp3) is 0.304. The van der Waals surface area contributed by atoms with Crippen LogP contribution < -0.4 is 9.64 Å². The summed E-state index contributed by atoms with van der Waals surface area (Å²) in [6.45, 7) is 4.07. The molecule has 2 aliphatic rings. The summed E-state index contributed by atoms with van der Waals surface area (Å²) < 4.78 is 17.2. The van der Waals surface area contributed by atoms with Gasteiger partial charge in [-0.3, -0.25) is 14.5 Å². The van der Waals surface area contributed by atoms with Crippen LogP contribution in [0.5, 0.6) is 5.75 Å². The summed E-state index contributed by atoms with van der Waals surface area (Å²) in [5, 5.41) is 0.906. The van der Waals surface area contributed by atoms with E-state index in [0.717, 1.165) is 10.9 Å². The molecule has 5 rings (SSSR count). The van der Waals surface area contributed by atoms with Crippen LogP contribution in [0.1, 0.15) is 16.1 Å². The topological polar surface area (TPSA) is 72.2 Å². The first-order valence-electron chi connectivity index (χ1n) is 10.1. The Balaban J connectivity index is 1.50. The maximum atomic E-state index is 13.5. The van der Waals surface area contributed by atoms with Crippen LogP contribution in [0.3, 0.4) is 0 Å². The molecule has 154 valence electrons. The fourth-order valence-electron chi connectivity index (χ4n) is 4.04. The van der Waals surface area contributed by atoms with E-state index >= 15 is 0 Å². The number of rotatable bonds is 2. The Bertz CT molecular complexity index is 1120. The molecule has 0 N–H and O–H groups in total. The number of nitrogens with zero attached hydrogens (tertiary/aromatic N) is 2. The van der Waals surface area contributed by atoms with Crippen molar-refractivity contribution in [3.8, 4) is 5.75 Å². The first kappa shape index (κ1) is 18.7. The van der Waals surface area contributed by atoms with E-state index in [-0.39, 0.29) is 24.1 Å². The molecular formula is C23H22N2O5.